The van der Waals surface area contributed by atoms with Crippen LogP contribution in [-0.2, 0) is 52.3 Å². The van der Waals surface area contributed by atoms with E-state index in [1.54, 1.807) is 37.3 Å². The molecule has 12 nitrogen and oxygen atoms in total. The molecular formula is C35H42O12. The van der Waals surface area contributed by atoms with Gasteiger partial charge in [0.15, 0.2) is 17.8 Å². The molecule has 0 radical (unpaired) electrons. The number of ether oxygens (including phenoxy) is 7. The van der Waals surface area contributed by atoms with Gasteiger partial charge in [-0.1, -0.05) is 25.1 Å². The zero-order chi connectivity index (χ0) is 34.3. The number of carbonyl (C=O) groups excluding carboxylic acids is 5. The number of benzene rings is 1. The fraction of sp³-hybridized carbons (Fsp3) is 0.629. The SMILES string of the molecule is CC(=O)O[C@@H]1C2=C(C)[C@H]3C[C@@]2([C@@H](OC(=O)c2ccccc2)[C@@H]2[C@]4(OC(C)=O)CO[C@H]4C[C@H](OC(C)=O)[C@]2(C)[C@H]1OC(C)=O)C(C)(C)O3. The zero-order valence-electron chi connectivity index (χ0n) is 27.9. The van der Waals surface area contributed by atoms with Crippen molar-refractivity contribution in [3.63, 3.8) is 0 Å². The molecule has 2 saturated carbocycles. The van der Waals surface area contributed by atoms with Gasteiger partial charge in [0, 0.05) is 34.1 Å². The van der Waals surface area contributed by atoms with Gasteiger partial charge in [-0.3, -0.25) is 19.2 Å². The van der Waals surface area contributed by atoms with Crippen LogP contribution in [0.25, 0.3) is 0 Å². The Bertz CT molecular complexity index is 1550. The second kappa shape index (κ2) is 11.2. The summed E-state index contributed by atoms with van der Waals surface area (Å²) in [4.78, 5) is 65.8. The van der Waals surface area contributed by atoms with Gasteiger partial charge in [0.05, 0.1) is 40.6 Å². The Kier molecular flexibility index (Phi) is 7.86. The Balaban J connectivity index is 1.72. The quantitative estimate of drug-likeness (QED) is 0.250. The van der Waals surface area contributed by atoms with Crippen LogP contribution in [0.5, 0.6) is 0 Å². The molecule has 0 amide bonds. The highest BCUT2D eigenvalue weighted by molar-refractivity contribution is 5.89. The third kappa shape index (κ3) is 4.73. The Morgan fingerprint density at radius 2 is 1.45 bits per heavy atom. The summed E-state index contributed by atoms with van der Waals surface area (Å²) in [6.07, 6.45) is -5.42. The van der Waals surface area contributed by atoms with Gasteiger partial charge in [0.2, 0.25) is 0 Å². The molecule has 3 aliphatic carbocycles. The maximum atomic E-state index is 14.2. The fourth-order valence-corrected chi connectivity index (χ4v) is 9.53. The third-order valence-corrected chi connectivity index (χ3v) is 11.2. The summed E-state index contributed by atoms with van der Waals surface area (Å²) in [6, 6.07) is 8.48. The van der Waals surface area contributed by atoms with E-state index in [1.165, 1.54) is 27.7 Å². The van der Waals surface area contributed by atoms with Crippen molar-refractivity contribution < 1.29 is 57.1 Å². The van der Waals surface area contributed by atoms with Crippen LogP contribution in [0.2, 0.25) is 0 Å². The van der Waals surface area contributed by atoms with Crippen molar-refractivity contribution in [2.75, 3.05) is 6.61 Å². The first-order valence-corrected chi connectivity index (χ1v) is 16.0. The number of carbonyl (C=O) groups is 5. The van der Waals surface area contributed by atoms with E-state index in [0.29, 0.717) is 12.0 Å². The summed E-state index contributed by atoms with van der Waals surface area (Å²) in [5.74, 6) is -4.18. The molecule has 2 aliphatic heterocycles. The molecule has 5 aliphatic rings. The largest absolute Gasteiger partial charge is 0.462 e. The molecule has 0 unspecified atom stereocenters. The monoisotopic (exact) mass is 654 g/mol. The van der Waals surface area contributed by atoms with Gasteiger partial charge in [-0.05, 0) is 50.5 Å². The molecule has 6 rings (SSSR count). The molecule has 2 saturated heterocycles. The van der Waals surface area contributed by atoms with Crippen molar-refractivity contribution >= 4 is 29.8 Å². The van der Waals surface area contributed by atoms with E-state index >= 15 is 0 Å². The van der Waals surface area contributed by atoms with Crippen LogP contribution in [0.3, 0.4) is 0 Å². The Hall–Kier alpha value is -3.77. The average Bonchev–Trinajstić information content (AvgIpc) is 3.39. The van der Waals surface area contributed by atoms with Crippen LogP contribution >= 0.6 is 0 Å². The van der Waals surface area contributed by atoms with Crippen molar-refractivity contribution in [2.45, 2.75) is 116 Å². The van der Waals surface area contributed by atoms with Crippen LogP contribution in [0.4, 0.5) is 0 Å². The van der Waals surface area contributed by atoms with E-state index in [0.717, 1.165) is 5.57 Å². The van der Waals surface area contributed by atoms with Gasteiger partial charge < -0.3 is 33.2 Å². The van der Waals surface area contributed by atoms with Crippen molar-refractivity contribution in [3.8, 4) is 0 Å². The number of hydrogen-bond donors (Lipinski definition) is 0. The normalized spacial score (nSPS) is 39.2. The van der Waals surface area contributed by atoms with Crippen molar-refractivity contribution in [2.24, 2.45) is 16.7 Å². The van der Waals surface area contributed by atoms with Gasteiger partial charge in [-0.2, -0.15) is 0 Å². The maximum absolute atomic E-state index is 14.2. The first-order valence-electron chi connectivity index (χ1n) is 16.0. The number of rotatable bonds is 6. The highest BCUT2D eigenvalue weighted by Crippen LogP contribution is 2.72. The molecule has 47 heavy (non-hydrogen) atoms. The lowest BCUT2D eigenvalue weighted by Crippen LogP contribution is -2.79. The summed E-state index contributed by atoms with van der Waals surface area (Å²) < 4.78 is 44.0. The number of hydrogen-bond acceptors (Lipinski definition) is 12. The van der Waals surface area contributed by atoms with E-state index in [-0.39, 0.29) is 18.6 Å². The van der Waals surface area contributed by atoms with Crippen LogP contribution in [-0.4, -0.2) is 84.3 Å². The first-order chi connectivity index (χ1) is 22.0. The summed E-state index contributed by atoms with van der Waals surface area (Å²) in [5.41, 5.74) is -3.46. The van der Waals surface area contributed by atoms with E-state index in [9.17, 15) is 24.0 Å². The second-order valence-electron chi connectivity index (χ2n) is 14.2. The Morgan fingerprint density at radius 3 is 2.00 bits per heavy atom. The fourth-order valence-electron chi connectivity index (χ4n) is 9.53. The third-order valence-electron chi connectivity index (χ3n) is 11.2. The molecule has 254 valence electrons. The van der Waals surface area contributed by atoms with E-state index in [1.807, 2.05) is 20.8 Å². The lowest BCUT2D eigenvalue weighted by atomic mass is 9.49. The summed E-state index contributed by atoms with van der Waals surface area (Å²) >= 11 is 0. The minimum Gasteiger partial charge on any atom is -0.462 e. The van der Waals surface area contributed by atoms with E-state index in [2.05, 4.69) is 0 Å². The molecule has 2 heterocycles. The molecule has 2 bridgehead atoms. The van der Waals surface area contributed by atoms with Crippen LogP contribution in [0, 0.1) is 16.7 Å². The lowest BCUT2D eigenvalue weighted by Gasteiger charge is -2.65. The van der Waals surface area contributed by atoms with Crippen molar-refractivity contribution in [3.05, 3.63) is 47.0 Å². The van der Waals surface area contributed by atoms with Gasteiger partial charge in [0.25, 0.3) is 0 Å². The first kappa shape index (κ1) is 33.1. The maximum Gasteiger partial charge on any atom is 0.338 e. The number of fused-ring (bicyclic) bond motifs is 4. The number of esters is 5. The molecule has 0 aromatic heterocycles. The summed E-state index contributed by atoms with van der Waals surface area (Å²) in [6.45, 7) is 12.4. The van der Waals surface area contributed by atoms with Crippen molar-refractivity contribution in [1.29, 1.82) is 0 Å². The minimum atomic E-state index is -1.48. The average molecular weight is 655 g/mol. The topological polar surface area (TPSA) is 150 Å². The van der Waals surface area contributed by atoms with Gasteiger partial charge in [0.1, 0.15) is 18.3 Å². The summed E-state index contributed by atoms with van der Waals surface area (Å²) in [5, 5.41) is 0. The molecule has 1 aromatic rings. The molecule has 12 heteroatoms. The van der Waals surface area contributed by atoms with E-state index in [4.69, 9.17) is 33.2 Å². The molecule has 0 N–H and O–H groups in total. The van der Waals surface area contributed by atoms with Gasteiger partial charge in [-0.25, -0.2) is 4.79 Å². The Labute approximate surface area is 273 Å². The zero-order valence-corrected chi connectivity index (χ0v) is 27.9. The molecule has 1 aromatic carbocycles. The minimum absolute atomic E-state index is 0.0620. The van der Waals surface area contributed by atoms with E-state index < -0.39 is 94.4 Å². The smallest absolute Gasteiger partial charge is 0.338 e. The highest BCUT2D eigenvalue weighted by atomic mass is 16.6. The predicted octanol–water partition coefficient (Wildman–Crippen LogP) is 3.63. The molecule has 1 spiro atoms. The van der Waals surface area contributed by atoms with Crippen LogP contribution in [0.15, 0.2) is 41.5 Å². The summed E-state index contributed by atoms with van der Waals surface area (Å²) in [7, 11) is 0. The standard InChI is InChI=1S/C35H42O12/c1-17-23-15-34(32(6,7)47-23)26(17)27(43-19(3)37)29(44-20(4)38)33(8)24(42-18(2)36)14-25-35(16-41-25,46-21(5)39)28(33)30(34)45-31(40)22-12-10-9-11-13-22/h9-13,23-25,27-30H,14-16H2,1-8H3/t23-,24+,25+,27-,28+,29+,30+,33+,34-,35+/m1/s1. The van der Waals surface area contributed by atoms with Gasteiger partial charge >= 0.3 is 29.8 Å². The predicted molar refractivity (Wildman–Crippen MR) is 161 cm³/mol. The van der Waals surface area contributed by atoms with Gasteiger partial charge in [-0.15, -0.1) is 0 Å². The molecule has 10 atom stereocenters. The van der Waals surface area contributed by atoms with Crippen LogP contribution in [0.1, 0.15) is 78.6 Å². The lowest BCUT2D eigenvalue weighted by molar-refractivity contribution is -0.350. The second-order valence-corrected chi connectivity index (χ2v) is 14.2. The van der Waals surface area contributed by atoms with Crippen LogP contribution < -0.4 is 0 Å². The van der Waals surface area contributed by atoms with Crippen molar-refractivity contribution in [1.82, 2.24) is 0 Å². The molecule has 4 fully saturated rings. The molecular weight excluding hydrogens is 612 g/mol. The Morgan fingerprint density at radius 1 is 0.809 bits per heavy atom. The highest BCUT2D eigenvalue weighted by Gasteiger charge is 2.82.